The fourth-order valence-corrected chi connectivity index (χ4v) is 0. The zero-order valence-corrected chi connectivity index (χ0v) is 4.90. The van der Waals surface area contributed by atoms with Gasteiger partial charge in [-0.2, -0.15) is 0 Å². The Balaban J connectivity index is 0. The smallest absolute Gasteiger partial charge is 2.00 e. The molecule has 0 heterocycles. The molecule has 0 bridgehead atoms. The largest absolute Gasteiger partial charge is 4.00 e. The van der Waals surface area contributed by atoms with E-state index in [1.165, 1.54) is 0 Å². The van der Waals surface area contributed by atoms with Gasteiger partial charge in [-0.3, -0.25) is 0 Å². The fraction of sp³-hybridized carbons (Fsp3) is 0. The maximum Gasteiger partial charge on any atom is 4.00 e. The molecule has 0 saturated carbocycles. The first kappa shape index (κ1) is 820. The molecule has 0 atom stereocenters. The quantitative estimate of drug-likeness (QED) is 0.453. The van der Waals surface area contributed by atoms with Crippen LogP contribution in [0.15, 0.2) is 0 Å². The van der Waals surface area contributed by atoms with E-state index in [4.69, 9.17) is 0 Å². The number of hydrogen-bond donors (Lipinski definition) is 0. The molecule has 46 valence electrons. The van der Waals surface area contributed by atoms with Gasteiger partial charge in [0.2, 0.25) is 0 Å². The molecule has 6 heavy (non-hydrogen) atoms. The van der Waals surface area contributed by atoms with Crippen LogP contribution in [0.2, 0.25) is 0 Å². The van der Waals surface area contributed by atoms with E-state index < -0.39 is 0 Å². The normalized spacial score (nSPS) is 0. The molecule has 0 fully saturated rings. The zero-order chi connectivity index (χ0) is 0. The minimum atomic E-state index is 0. The zero-order valence-electron chi connectivity index (χ0n) is 2.63. The van der Waals surface area contributed by atoms with Crippen molar-refractivity contribution < 1.29 is 48.4 Å². The maximum absolute atomic E-state index is 0. The molecule has 0 aromatic rings. The van der Waals surface area contributed by atoms with Gasteiger partial charge in [0.15, 0.2) is 0 Å². The Labute approximate surface area is 49.2 Å². The second kappa shape index (κ2) is 464. The molecule has 0 aliphatic carbocycles. The van der Waals surface area contributed by atoms with Crippen molar-refractivity contribution in [2.24, 2.45) is 0 Å². The molecule has 0 radical (unpaired) electrons. The molecule has 0 aromatic carbocycles. The predicted octanol–water partition coefficient (Wildman–Crippen LogP) is -2.71. The topological polar surface area (TPSA) is 152 Å². The average molecular weight is 281 g/mol. The third-order valence-electron chi connectivity index (χ3n) is 0. The van der Waals surface area contributed by atoms with Gasteiger partial charge in [-0.05, 0) is 0 Å². The Kier molecular flexibility index (Phi) is 63300. The molecule has 6 N–H and O–H groups in total. The maximum atomic E-state index is 0. The van der Waals surface area contributed by atoms with Crippen LogP contribution < -0.4 is 0 Å². The standard InChI is InChI=1S/3H2O.2O.Pt/h3*1H2;;;/q;;;2*-2;+4. The summed E-state index contributed by atoms with van der Waals surface area (Å²) in [5, 5.41) is 0. The summed E-state index contributed by atoms with van der Waals surface area (Å²) in [6.45, 7) is 0. The van der Waals surface area contributed by atoms with Gasteiger partial charge >= 0.3 is 21.1 Å². The predicted molar refractivity (Wildman–Crippen MR) is 12.2 cm³/mol. The van der Waals surface area contributed by atoms with E-state index in [9.17, 15) is 0 Å². The molecule has 5 nitrogen and oxygen atoms in total. The summed E-state index contributed by atoms with van der Waals surface area (Å²) in [5.74, 6) is 0. The Bertz CT molecular complexity index is 3.90. The fourth-order valence-electron chi connectivity index (χ4n) is 0. The molecule has 0 spiro atoms. The van der Waals surface area contributed by atoms with Gasteiger partial charge < -0.3 is 27.4 Å². The Hall–Kier alpha value is 0.488. The van der Waals surface area contributed by atoms with Crippen molar-refractivity contribution in [3.05, 3.63) is 0 Å². The first-order valence-electron chi connectivity index (χ1n) is 0. The van der Waals surface area contributed by atoms with E-state index in [1.807, 2.05) is 0 Å². The van der Waals surface area contributed by atoms with Crippen molar-refractivity contribution in [3.63, 3.8) is 0 Å². The van der Waals surface area contributed by atoms with E-state index in [-0.39, 0.29) is 48.4 Å². The summed E-state index contributed by atoms with van der Waals surface area (Å²) >= 11 is 0. The van der Waals surface area contributed by atoms with Crippen LogP contribution in [0, 0.1) is 0 Å². The molecule has 0 aliphatic heterocycles. The van der Waals surface area contributed by atoms with Gasteiger partial charge in [0, 0.05) is 0 Å². The molecular weight excluding hydrogens is 275 g/mol. The van der Waals surface area contributed by atoms with Gasteiger partial charge in [-0.15, -0.1) is 0 Å². The van der Waals surface area contributed by atoms with Crippen LogP contribution in [-0.2, 0) is 32.0 Å². The van der Waals surface area contributed by atoms with E-state index in [0.717, 1.165) is 0 Å². The molecule has 0 rings (SSSR count). The molecule has 0 saturated heterocycles. The SMILES string of the molecule is O.O.O.[O-2].[O-2].[Pt+4]. The van der Waals surface area contributed by atoms with Gasteiger partial charge in [0.05, 0.1) is 0 Å². The Morgan fingerprint density at radius 3 is 0.500 bits per heavy atom. The van der Waals surface area contributed by atoms with Crippen LogP contribution >= 0.6 is 0 Å². The summed E-state index contributed by atoms with van der Waals surface area (Å²) in [6.07, 6.45) is 0. The van der Waals surface area contributed by atoms with Crippen LogP contribution in [0.1, 0.15) is 0 Å². The van der Waals surface area contributed by atoms with Crippen LogP contribution in [0.3, 0.4) is 0 Å². The Morgan fingerprint density at radius 2 is 0.500 bits per heavy atom. The minimum Gasteiger partial charge on any atom is -2.00 e. The van der Waals surface area contributed by atoms with Crippen molar-refractivity contribution >= 4 is 0 Å². The van der Waals surface area contributed by atoms with Crippen molar-refractivity contribution in [2.75, 3.05) is 0 Å². The summed E-state index contributed by atoms with van der Waals surface area (Å²) in [7, 11) is 0. The average Bonchev–Trinajstić information content (AvgIpc) is 0. The van der Waals surface area contributed by atoms with Crippen molar-refractivity contribution in [1.82, 2.24) is 0 Å². The van der Waals surface area contributed by atoms with E-state index in [0.29, 0.717) is 0 Å². The number of hydrogen-bond acceptors (Lipinski definition) is 0. The van der Waals surface area contributed by atoms with Gasteiger partial charge in [0.1, 0.15) is 0 Å². The molecule has 0 amide bonds. The molecule has 0 aliphatic rings. The second-order valence-electron chi connectivity index (χ2n) is 0. The minimum absolute atomic E-state index is 0. The van der Waals surface area contributed by atoms with Gasteiger partial charge in [0.25, 0.3) is 0 Å². The summed E-state index contributed by atoms with van der Waals surface area (Å²) in [6, 6.07) is 0. The van der Waals surface area contributed by atoms with Crippen molar-refractivity contribution in [3.8, 4) is 0 Å². The third-order valence-corrected chi connectivity index (χ3v) is 0. The van der Waals surface area contributed by atoms with Gasteiger partial charge in [-0.1, -0.05) is 0 Å². The number of rotatable bonds is 0. The molecule has 0 unspecified atom stereocenters. The second-order valence-corrected chi connectivity index (χ2v) is 0. The van der Waals surface area contributed by atoms with Crippen molar-refractivity contribution in [1.29, 1.82) is 0 Å². The van der Waals surface area contributed by atoms with E-state index in [1.54, 1.807) is 0 Å². The van der Waals surface area contributed by atoms with Crippen LogP contribution in [0.4, 0.5) is 0 Å². The first-order chi connectivity index (χ1) is 0. The summed E-state index contributed by atoms with van der Waals surface area (Å²) < 4.78 is 0. The van der Waals surface area contributed by atoms with Crippen LogP contribution in [0.5, 0.6) is 0 Å². The summed E-state index contributed by atoms with van der Waals surface area (Å²) in [4.78, 5) is 0. The van der Waals surface area contributed by atoms with Crippen LogP contribution in [0.25, 0.3) is 0 Å². The summed E-state index contributed by atoms with van der Waals surface area (Å²) in [5.41, 5.74) is 0. The van der Waals surface area contributed by atoms with Crippen LogP contribution in [-0.4, -0.2) is 16.4 Å². The Morgan fingerprint density at radius 1 is 0.500 bits per heavy atom. The van der Waals surface area contributed by atoms with Crippen molar-refractivity contribution in [2.45, 2.75) is 0 Å². The molecule has 6 heteroatoms. The van der Waals surface area contributed by atoms with E-state index in [2.05, 4.69) is 0 Å². The molecule has 0 aromatic heterocycles. The molecular formula is H6O5Pt. The monoisotopic (exact) mass is 281 g/mol. The third kappa shape index (κ3) is 229. The van der Waals surface area contributed by atoms with Gasteiger partial charge in [-0.25, -0.2) is 0 Å². The van der Waals surface area contributed by atoms with E-state index >= 15 is 0 Å². The first-order valence-corrected chi connectivity index (χ1v) is 0.